The third-order valence-corrected chi connectivity index (χ3v) is 13.8. The van der Waals surface area contributed by atoms with Crippen LogP contribution in [0.2, 0.25) is 0 Å². The van der Waals surface area contributed by atoms with Crippen molar-refractivity contribution in [3.63, 3.8) is 0 Å². The largest absolute Gasteiger partial charge is 0.310 e. The molecule has 0 fully saturated rings. The molecule has 1 unspecified atom stereocenters. The zero-order valence-electron chi connectivity index (χ0n) is 36.7. The summed E-state index contributed by atoms with van der Waals surface area (Å²) in [6.07, 6.45) is 8.97. The van der Waals surface area contributed by atoms with E-state index < -0.39 is 5.41 Å². The van der Waals surface area contributed by atoms with Crippen molar-refractivity contribution < 1.29 is 0 Å². The molecule has 312 valence electrons. The average molecular weight is 842 g/mol. The molecule has 0 aromatic heterocycles. The zero-order chi connectivity index (χ0) is 43.9. The van der Waals surface area contributed by atoms with Crippen LogP contribution >= 0.6 is 0 Å². The van der Waals surface area contributed by atoms with Crippen LogP contribution in [-0.2, 0) is 5.41 Å². The fraction of sp³-hybridized carbons (Fsp3) is 0.0462. The molecule has 0 saturated carbocycles. The Morgan fingerprint density at radius 2 is 0.939 bits per heavy atom. The predicted molar refractivity (Wildman–Crippen MR) is 279 cm³/mol. The minimum atomic E-state index is -0.450. The summed E-state index contributed by atoms with van der Waals surface area (Å²) in [5.74, 6) is 0. The molecule has 12 rings (SSSR count). The molecule has 66 heavy (non-hydrogen) atoms. The normalized spacial score (nSPS) is 14.9. The van der Waals surface area contributed by atoms with Crippen LogP contribution in [0, 0.1) is 0 Å². The molecule has 1 heteroatoms. The topological polar surface area (TPSA) is 3.24 Å². The van der Waals surface area contributed by atoms with Gasteiger partial charge in [-0.1, -0.05) is 224 Å². The van der Waals surface area contributed by atoms with Gasteiger partial charge in [0.2, 0.25) is 0 Å². The lowest BCUT2D eigenvalue weighted by atomic mass is 9.65. The number of anilines is 3. The number of hydrogen-bond donors (Lipinski definition) is 0. The van der Waals surface area contributed by atoms with Gasteiger partial charge in [-0.2, -0.15) is 0 Å². The molecule has 0 heterocycles. The van der Waals surface area contributed by atoms with Crippen LogP contribution in [0.3, 0.4) is 0 Å². The maximum atomic E-state index is 2.50. The van der Waals surface area contributed by atoms with Gasteiger partial charge in [-0.3, -0.25) is 0 Å². The molecule has 10 aromatic rings. The van der Waals surface area contributed by atoms with Crippen LogP contribution in [0.25, 0.3) is 66.4 Å². The van der Waals surface area contributed by atoms with Crippen molar-refractivity contribution in [3.05, 3.63) is 283 Å². The van der Waals surface area contributed by atoms with E-state index in [1.807, 2.05) is 0 Å². The molecule has 0 bridgehead atoms. The molecule has 2 aliphatic rings. The van der Waals surface area contributed by atoms with E-state index in [1.165, 1.54) is 88.7 Å². The molecular weight excluding hydrogens is 795 g/mol. The number of allylic oxidation sites excluding steroid dienone is 4. The van der Waals surface area contributed by atoms with Crippen LogP contribution in [-0.4, -0.2) is 0 Å². The van der Waals surface area contributed by atoms with Gasteiger partial charge < -0.3 is 4.90 Å². The Labute approximate surface area is 387 Å². The second kappa shape index (κ2) is 16.7. The van der Waals surface area contributed by atoms with E-state index in [-0.39, 0.29) is 0 Å². The van der Waals surface area contributed by atoms with Gasteiger partial charge in [0.1, 0.15) is 0 Å². The summed E-state index contributed by atoms with van der Waals surface area (Å²) < 4.78 is 0. The lowest BCUT2D eigenvalue weighted by molar-refractivity contribution is 0.693. The lowest BCUT2D eigenvalue weighted by Crippen LogP contribution is -2.30. The Balaban J connectivity index is 1.10. The van der Waals surface area contributed by atoms with Crippen molar-refractivity contribution >= 4 is 27.8 Å². The first-order valence-electron chi connectivity index (χ1n) is 23.1. The van der Waals surface area contributed by atoms with E-state index in [0.717, 1.165) is 29.9 Å². The lowest BCUT2D eigenvalue weighted by Gasteiger charge is -2.37. The van der Waals surface area contributed by atoms with Gasteiger partial charge in [0.15, 0.2) is 0 Å². The summed E-state index contributed by atoms with van der Waals surface area (Å²) in [5.41, 5.74) is 20.4. The summed E-state index contributed by atoms with van der Waals surface area (Å²) in [4.78, 5) is 2.48. The molecule has 0 N–H and O–H groups in total. The monoisotopic (exact) mass is 841 g/mol. The van der Waals surface area contributed by atoms with Gasteiger partial charge >= 0.3 is 0 Å². The molecule has 0 amide bonds. The minimum Gasteiger partial charge on any atom is -0.310 e. The van der Waals surface area contributed by atoms with Gasteiger partial charge in [-0.25, -0.2) is 0 Å². The van der Waals surface area contributed by atoms with E-state index in [9.17, 15) is 0 Å². The van der Waals surface area contributed by atoms with Crippen molar-refractivity contribution in [1.29, 1.82) is 0 Å². The SMILES string of the molecule is C1=CCCC(C2(c3ccccc3)c3ccccc3-c3ccc(N(c4ccc(-c5ccc6ccccc6c5-c5ccccc5)cc4)c4cc(-c5ccccc5)cc(-c5ccccc5)c4)cc32)=C1. The molecule has 10 aromatic carbocycles. The summed E-state index contributed by atoms with van der Waals surface area (Å²) in [5, 5.41) is 2.49. The third kappa shape index (κ3) is 6.71. The van der Waals surface area contributed by atoms with Crippen molar-refractivity contribution in [1.82, 2.24) is 0 Å². The Kier molecular flexibility index (Phi) is 9.95. The van der Waals surface area contributed by atoms with Crippen molar-refractivity contribution in [3.8, 4) is 55.6 Å². The summed E-state index contributed by atoms with van der Waals surface area (Å²) in [7, 11) is 0. The second-order valence-corrected chi connectivity index (χ2v) is 17.5. The maximum absolute atomic E-state index is 2.50. The highest BCUT2D eigenvalue weighted by molar-refractivity contribution is 6.04. The second-order valence-electron chi connectivity index (χ2n) is 17.5. The van der Waals surface area contributed by atoms with Crippen LogP contribution in [0.5, 0.6) is 0 Å². The Hall–Kier alpha value is -8.26. The first kappa shape index (κ1) is 39.3. The molecule has 0 aliphatic heterocycles. The highest BCUT2D eigenvalue weighted by atomic mass is 15.1. The minimum absolute atomic E-state index is 0.450. The number of fused-ring (bicyclic) bond motifs is 4. The Morgan fingerprint density at radius 3 is 1.62 bits per heavy atom. The molecule has 0 radical (unpaired) electrons. The quantitative estimate of drug-likeness (QED) is 0.140. The van der Waals surface area contributed by atoms with Gasteiger partial charge in [-0.15, -0.1) is 0 Å². The summed E-state index contributed by atoms with van der Waals surface area (Å²) >= 11 is 0. The molecule has 2 aliphatic carbocycles. The average Bonchev–Trinajstić information content (AvgIpc) is 3.70. The van der Waals surface area contributed by atoms with Crippen molar-refractivity contribution in [2.75, 3.05) is 4.90 Å². The highest BCUT2D eigenvalue weighted by Crippen LogP contribution is 2.59. The van der Waals surface area contributed by atoms with Gasteiger partial charge in [-0.05, 0) is 138 Å². The van der Waals surface area contributed by atoms with Crippen LogP contribution in [0.1, 0.15) is 29.5 Å². The van der Waals surface area contributed by atoms with Gasteiger partial charge in [0.05, 0.1) is 5.41 Å². The molecule has 1 atom stereocenters. The molecular formula is C65H47N. The molecule has 0 saturated heterocycles. The van der Waals surface area contributed by atoms with Crippen LogP contribution < -0.4 is 4.90 Å². The highest BCUT2D eigenvalue weighted by Gasteiger charge is 2.47. The standard InChI is InChI=1S/C65H47N/c1-6-20-46(21-7-1)51-42-52(47-22-8-2-9-23-47)44-57(43-51)66(55-37-34-49(35-38-55)59-40-36-48-24-16-17-31-58(48)64(59)50-25-10-3-11-26-50)56-39-41-61-60-32-18-19-33-62(60)65(63(61)45-56,53-27-12-4-13-28-53)54-29-14-5-15-30-54/h1-14,16-29,31-45H,15,30H2. The van der Waals surface area contributed by atoms with E-state index in [1.54, 1.807) is 0 Å². The van der Waals surface area contributed by atoms with E-state index in [0.29, 0.717) is 0 Å². The molecule has 0 spiro atoms. The number of nitrogens with zero attached hydrogens (tertiary/aromatic N) is 1. The predicted octanol–water partition coefficient (Wildman–Crippen LogP) is 17.6. The first-order chi connectivity index (χ1) is 32.7. The number of hydrogen-bond acceptors (Lipinski definition) is 1. The zero-order valence-corrected chi connectivity index (χ0v) is 36.7. The number of rotatable bonds is 9. The summed E-state index contributed by atoms with van der Waals surface area (Å²) in [6, 6.07) is 89.6. The van der Waals surface area contributed by atoms with Crippen LogP contribution in [0.15, 0.2) is 266 Å². The fourth-order valence-electron chi connectivity index (χ4n) is 10.9. The first-order valence-corrected chi connectivity index (χ1v) is 23.1. The van der Waals surface area contributed by atoms with Gasteiger partial charge in [0, 0.05) is 17.1 Å². The van der Waals surface area contributed by atoms with Crippen molar-refractivity contribution in [2.24, 2.45) is 0 Å². The Bertz CT molecular complexity index is 3380. The smallest absolute Gasteiger partial charge is 0.0677 e. The molecule has 1 nitrogen and oxygen atoms in total. The number of benzene rings is 10. The Morgan fingerprint density at radius 1 is 0.364 bits per heavy atom. The van der Waals surface area contributed by atoms with Gasteiger partial charge in [0.25, 0.3) is 0 Å². The van der Waals surface area contributed by atoms with E-state index in [4.69, 9.17) is 0 Å². The van der Waals surface area contributed by atoms with Crippen molar-refractivity contribution in [2.45, 2.75) is 18.3 Å². The maximum Gasteiger partial charge on any atom is 0.0677 e. The van der Waals surface area contributed by atoms with E-state index in [2.05, 4.69) is 266 Å². The third-order valence-electron chi connectivity index (χ3n) is 13.8. The van der Waals surface area contributed by atoms with Crippen LogP contribution in [0.4, 0.5) is 17.1 Å². The summed E-state index contributed by atoms with van der Waals surface area (Å²) in [6.45, 7) is 0. The van der Waals surface area contributed by atoms with E-state index >= 15 is 0 Å². The fourth-order valence-corrected chi connectivity index (χ4v) is 10.9.